The van der Waals surface area contributed by atoms with Crippen molar-refractivity contribution in [3.8, 4) is 12.3 Å². The van der Waals surface area contributed by atoms with E-state index < -0.39 is 0 Å². The highest BCUT2D eigenvalue weighted by atomic mass is 14.9. The molecule has 0 amide bonds. The summed E-state index contributed by atoms with van der Waals surface area (Å²) in [6, 6.07) is 6.86. The van der Waals surface area contributed by atoms with E-state index in [1.54, 1.807) is 0 Å². The van der Waals surface area contributed by atoms with Gasteiger partial charge in [-0.25, -0.2) is 0 Å². The Bertz CT molecular complexity index is 353. The van der Waals surface area contributed by atoms with Gasteiger partial charge in [0.05, 0.1) is 0 Å². The van der Waals surface area contributed by atoms with E-state index in [0.29, 0.717) is 6.04 Å². The standard InChI is InChI=1S/C15H21N/c1-5-8-14(6-2)16-11-15-12(3)9-7-10-13(15)4/h1,7,9-10,14,16H,6,8,11H2,2-4H3. The SMILES string of the molecule is C#CCC(CC)NCc1c(C)cccc1C. The molecule has 16 heavy (non-hydrogen) atoms. The fraction of sp³-hybridized carbons (Fsp3) is 0.467. The van der Waals surface area contributed by atoms with Crippen molar-refractivity contribution in [2.75, 3.05) is 0 Å². The van der Waals surface area contributed by atoms with Gasteiger partial charge in [-0.3, -0.25) is 0 Å². The highest BCUT2D eigenvalue weighted by molar-refractivity contribution is 5.33. The summed E-state index contributed by atoms with van der Waals surface area (Å²) in [4.78, 5) is 0. The van der Waals surface area contributed by atoms with Gasteiger partial charge in [-0.05, 0) is 37.0 Å². The molecular formula is C15H21N. The number of nitrogens with one attached hydrogen (secondary N) is 1. The first-order valence-electron chi connectivity index (χ1n) is 5.91. The van der Waals surface area contributed by atoms with Crippen LogP contribution >= 0.6 is 0 Å². The van der Waals surface area contributed by atoms with E-state index in [-0.39, 0.29) is 0 Å². The molecule has 0 aliphatic carbocycles. The molecule has 1 rings (SSSR count). The van der Waals surface area contributed by atoms with Crippen molar-refractivity contribution in [1.29, 1.82) is 0 Å². The quantitative estimate of drug-likeness (QED) is 0.744. The van der Waals surface area contributed by atoms with Gasteiger partial charge in [-0.15, -0.1) is 12.3 Å². The lowest BCUT2D eigenvalue weighted by Crippen LogP contribution is -2.28. The first kappa shape index (κ1) is 12.8. The molecule has 0 saturated carbocycles. The first-order valence-corrected chi connectivity index (χ1v) is 5.91. The zero-order valence-corrected chi connectivity index (χ0v) is 10.5. The average molecular weight is 215 g/mol. The highest BCUT2D eigenvalue weighted by Crippen LogP contribution is 2.13. The van der Waals surface area contributed by atoms with Crippen molar-refractivity contribution in [3.63, 3.8) is 0 Å². The van der Waals surface area contributed by atoms with Crippen LogP contribution < -0.4 is 5.32 Å². The van der Waals surface area contributed by atoms with Crippen LogP contribution in [-0.4, -0.2) is 6.04 Å². The Morgan fingerprint density at radius 1 is 1.31 bits per heavy atom. The molecule has 1 nitrogen and oxygen atoms in total. The van der Waals surface area contributed by atoms with Crippen LogP contribution in [0.15, 0.2) is 18.2 Å². The number of hydrogen-bond donors (Lipinski definition) is 1. The zero-order chi connectivity index (χ0) is 12.0. The van der Waals surface area contributed by atoms with Gasteiger partial charge in [-0.2, -0.15) is 0 Å². The molecule has 0 spiro atoms. The summed E-state index contributed by atoms with van der Waals surface area (Å²) in [5.41, 5.74) is 4.10. The monoisotopic (exact) mass is 215 g/mol. The van der Waals surface area contributed by atoms with Crippen LogP contribution in [0.3, 0.4) is 0 Å². The fourth-order valence-electron chi connectivity index (χ4n) is 1.88. The van der Waals surface area contributed by atoms with Crippen LogP contribution in [0.1, 0.15) is 36.5 Å². The summed E-state index contributed by atoms with van der Waals surface area (Å²) >= 11 is 0. The van der Waals surface area contributed by atoms with E-state index in [1.165, 1.54) is 16.7 Å². The molecule has 0 heterocycles. The Morgan fingerprint density at radius 2 is 1.94 bits per heavy atom. The minimum Gasteiger partial charge on any atom is -0.309 e. The molecule has 0 radical (unpaired) electrons. The summed E-state index contributed by atoms with van der Waals surface area (Å²) in [6.07, 6.45) is 7.23. The molecule has 0 bridgehead atoms. The normalized spacial score (nSPS) is 12.1. The predicted octanol–water partition coefficient (Wildman–Crippen LogP) is 3.19. The van der Waals surface area contributed by atoms with E-state index in [9.17, 15) is 0 Å². The molecular weight excluding hydrogens is 194 g/mol. The lowest BCUT2D eigenvalue weighted by Gasteiger charge is -2.16. The van der Waals surface area contributed by atoms with E-state index in [2.05, 4.69) is 50.2 Å². The Labute approximate surface area is 99.3 Å². The molecule has 86 valence electrons. The van der Waals surface area contributed by atoms with Crippen LogP contribution in [-0.2, 0) is 6.54 Å². The number of hydrogen-bond acceptors (Lipinski definition) is 1. The minimum absolute atomic E-state index is 0.434. The molecule has 0 aromatic heterocycles. The average Bonchev–Trinajstić information content (AvgIpc) is 2.27. The van der Waals surface area contributed by atoms with Gasteiger partial charge in [0.2, 0.25) is 0 Å². The lowest BCUT2D eigenvalue weighted by atomic mass is 10.0. The maximum Gasteiger partial charge on any atom is 0.0240 e. The molecule has 1 aromatic carbocycles. The van der Waals surface area contributed by atoms with E-state index in [0.717, 1.165) is 19.4 Å². The highest BCUT2D eigenvalue weighted by Gasteiger charge is 2.06. The van der Waals surface area contributed by atoms with Crippen LogP contribution in [0.2, 0.25) is 0 Å². The first-order chi connectivity index (χ1) is 7.69. The third kappa shape index (κ3) is 3.40. The van der Waals surface area contributed by atoms with Crippen molar-refractivity contribution >= 4 is 0 Å². The van der Waals surface area contributed by atoms with E-state index in [1.807, 2.05) is 0 Å². The zero-order valence-electron chi connectivity index (χ0n) is 10.5. The molecule has 1 N–H and O–H groups in total. The topological polar surface area (TPSA) is 12.0 Å². The van der Waals surface area contributed by atoms with Gasteiger partial charge in [0, 0.05) is 19.0 Å². The van der Waals surface area contributed by atoms with Crippen molar-refractivity contribution in [1.82, 2.24) is 5.32 Å². The summed E-state index contributed by atoms with van der Waals surface area (Å²) in [5, 5.41) is 3.53. The second-order valence-electron chi connectivity index (χ2n) is 4.26. The van der Waals surface area contributed by atoms with Gasteiger partial charge in [0.1, 0.15) is 0 Å². The summed E-state index contributed by atoms with van der Waals surface area (Å²) in [6.45, 7) is 7.40. The Morgan fingerprint density at radius 3 is 2.44 bits per heavy atom. The molecule has 0 fully saturated rings. The molecule has 1 heteroatoms. The van der Waals surface area contributed by atoms with Gasteiger partial charge >= 0.3 is 0 Å². The van der Waals surface area contributed by atoms with Crippen molar-refractivity contribution in [2.24, 2.45) is 0 Å². The minimum atomic E-state index is 0.434. The summed E-state index contributed by atoms with van der Waals surface area (Å²) < 4.78 is 0. The van der Waals surface area contributed by atoms with Crippen molar-refractivity contribution < 1.29 is 0 Å². The number of rotatable bonds is 5. The largest absolute Gasteiger partial charge is 0.309 e. The smallest absolute Gasteiger partial charge is 0.0240 e. The van der Waals surface area contributed by atoms with Crippen molar-refractivity contribution in [3.05, 3.63) is 34.9 Å². The Kier molecular flexibility index (Phi) is 5.08. The Balaban J connectivity index is 2.64. The van der Waals surface area contributed by atoms with Crippen LogP contribution in [0.25, 0.3) is 0 Å². The molecule has 1 unspecified atom stereocenters. The van der Waals surface area contributed by atoms with E-state index in [4.69, 9.17) is 6.42 Å². The second kappa shape index (κ2) is 6.35. The van der Waals surface area contributed by atoms with Crippen LogP contribution in [0.5, 0.6) is 0 Å². The number of benzene rings is 1. The van der Waals surface area contributed by atoms with Crippen molar-refractivity contribution in [2.45, 2.75) is 46.2 Å². The van der Waals surface area contributed by atoms with E-state index >= 15 is 0 Å². The molecule has 0 aliphatic rings. The maximum absolute atomic E-state index is 5.34. The van der Waals surface area contributed by atoms with Crippen LogP contribution in [0.4, 0.5) is 0 Å². The summed E-state index contributed by atoms with van der Waals surface area (Å²) in [5.74, 6) is 2.72. The third-order valence-electron chi connectivity index (χ3n) is 3.07. The lowest BCUT2D eigenvalue weighted by molar-refractivity contribution is 0.505. The molecule has 1 atom stereocenters. The molecule has 0 aliphatic heterocycles. The third-order valence-corrected chi connectivity index (χ3v) is 3.07. The maximum atomic E-state index is 5.34. The van der Waals surface area contributed by atoms with Gasteiger partial charge in [0.25, 0.3) is 0 Å². The number of terminal acetylenes is 1. The predicted molar refractivity (Wildman–Crippen MR) is 70.3 cm³/mol. The summed E-state index contributed by atoms with van der Waals surface area (Å²) in [7, 11) is 0. The fourth-order valence-corrected chi connectivity index (χ4v) is 1.88. The van der Waals surface area contributed by atoms with Gasteiger partial charge in [-0.1, -0.05) is 25.1 Å². The molecule has 0 saturated heterocycles. The number of aryl methyl sites for hydroxylation is 2. The molecule has 1 aromatic rings. The second-order valence-corrected chi connectivity index (χ2v) is 4.26. The van der Waals surface area contributed by atoms with Gasteiger partial charge in [0.15, 0.2) is 0 Å². The Hall–Kier alpha value is -1.26. The van der Waals surface area contributed by atoms with Gasteiger partial charge < -0.3 is 5.32 Å². The van der Waals surface area contributed by atoms with Crippen LogP contribution in [0, 0.1) is 26.2 Å².